The first kappa shape index (κ1) is 18.0. The van der Waals surface area contributed by atoms with Gasteiger partial charge in [0.05, 0.1) is 5.92 Å². The number of nitrogens with zero attached hydrogens (tertiary/aromatic N) is 2. The van der Waals surface area contributed by atoms with Crippen LogP contribution in [-0.2, 0) is 16.0 Å². The van der Waals surface area contributed by atoms with Gasteiger partial charge < -0.3 is 9.80 Å². The Balaban J connectivity index is 1.51. The molecule has 4 nitrogen and oxygen atoms in total. The third kappa shape index (κ3) is 4.23. The molecule has 0 spiro atoms. The van der Waals surface area contributed by atoms with Crippen LogP contribution in [0.5, 0.6) is 0 Å². The summed E-state index contributed by atoms with van der Waals surface area (Å²) in [4.78, 5) is 28.9. The Bertz CT molecular complexity index is 613. The Labute approximate surface area is 151 Å². The van der Waals surface area contributed by atoms with Crippen LogP contribution in [0, 0.1) is 11.8 Å². The van der Waals surface area contributed by atoms with E-state index in [4.69, 9.17) is 0 Å². The highest BCUT2D eigenvalue weighted by atomic mass is 16.2. The van der Waals surface area contributed by atoms with Crippen LogP contribution in [0.15, 0.2) is 30.3 Å². The van der Waals surface area contributed by atoms with Gasteiger partial charge in [0, 0.05) is 31.6 Å². The molecule has 0 saturated carbocycles. The number of amides is 2. The SMILES string of the molecule is CC(C)(C)N1CC(C(=O)N2CCC(Cc3ccccc3)CC2)CC1=O. The van der Waals surface area contributed by atoms with Crippen molar-refractivity contribution in [3.05, 3.63) is 35.9 Å². The van der Waals surface area contributed by atoms with Crippen LogP contribution in [0.1, 0.15) is 45.6 Å². The molecular weight excluding hydrogens is 312 g/mol. The van der Waals surface area contributed by atoms with Crippen LogP contribution in [0.25, 0.3) is 0 Å². The summed E-state index contributed by atoms with van der Waals surface area (Å²) in [7, 11) is 0. The molecular formula is C21H30N2O2. The Kier molecular flexibility index (Phi) is 5.16. The zero-order chi connectivity index (χ0) is 18.0. The summed E-state index contributed by atoms with van der Waals surface area (Å²) in [5.74, 6) is 0.795. The molecule has 1 aromatic rings. The molecule has 1 atom stereocenters. The second-order valence-corrected chi connectivity index (χ2v) is 8.53. The van der Waals surface area contributed by atoms with E-state index in [9.17, 15) is 9.59 Å². The molecule has 0 aliphatic carbocycles. The van der Waals surface area contributed by atoms with E-state index in [2.05, 4.69) is 30.3 Å². The van der Waals surface area contributed by atoms with E-state index in [-0.39, 0.29) is 23.3 Å². The molecule has 2 heterocycles. The molecule has 0 N–H and O–H groups in total. The quantitative estimate of drug-likeness (QED) is 0.847. The smallest absolute Gasteiger partial charge is 0.227 e. The van der Waals surface area contributed by atoms with Gasteiger partial charge in [-0.1, -0.05) is 30.3 Å². The standard InChI is InChI=1S/C21H30N2O2/c1-21(2,3)23-15-18(14-19(23)24)20(25)22-11-9-17(10-12-22)13-16-7-5-4-6-8-16/h4-8,17-18H,9-15H2,1-3H3. The van der Waals surface area contributed by atoms with Gasteiger partial charge in [-0.3, -0.25) is 9.59 Å². The van der Waals surface area contributed by atoms with Gasteiger partial charge in [-0.05, 0) is 51.5 Å². The third-order valence-electron chi connectivity index (χ3n) is 5.58. The van der Waals surface area contributed by atoms with Crippen molar-refractivity contribution in [3.8, 4) is 0 Å². The highest BCUT2D eigenvalue weighted by Gasteiger charge is 2.41. The number of hydrogen-bond acceptors (Lipinski definition) is 2. The summed E-state index contributed by atoms with van der Waals surface area (Å²) in [5.41, 5.74) is 1.18. The van der Waals surface area contributed by atoms with Gasteiger partial charge in [-0.25, -0.2) is 0 Å². The monoisotopic (exact) mass is 342 g/mol. The molecule has 0 aromatic heterocycles. The zero-order valence-corrected chi connectivity index (χ0v) is 15.7. The van der Waals surface area contributed by atoms with E-state index in [1.807, 2.05) is 30.6 Å². The Morgan fingerprint density at radius 3 is 2.32 bits per heavy atom. The summed E-state index contributed by atoms with van der Waals surface area (Å²) >= 11 is 0. The average Bonchev–Trinajstić information content (AvgIpc) is 2.98. The second-order valence-electron chi connectivity index (χ2n) is 8.53. The molecule has 2 amide bonds. The molecule has 136 valence electrons. The molecule has 1 unspecified atom stereocenters. The fourth-order valence-electron chi connectivity index (χ4n) is 4.08. The minimum absolute atomic E-state index is 0.116. The molecule has 1 aromatic carbocycles. The van der Waals surface area contributed by atoms with Crippen LogP contribution in [0.3, 0.4) is 0 Å². The number of carbonyl (C=O) groups is 2. The topological polar surface area (TPSA) is 40.6 Å². The first-order valence-electron chi connectivity index (χ1n) is 9.48. The van der Waals surface area contributed by atoms with E-state index in [0.29, 0.717) is 18.9 Å². The number of benzene rings is 1. The Morgan fingerprint density at radius 1 is 1.12 bits per heavy atom. The second kappa shape index (κ2) is 7.19. The first-order chi connectivity index (χ1) is 11.8. The minimum Gasteiger partial charge on any atom is -0.342 e. The molecule has 25 heavy (non-hydrogen) atoms. The first-order valence-corrected chi connectivity index (χ1v) is 9.48. The van der Waals surface area contributed by atoms with Crippen LogP contribution in [0.4, 0.5) is 0 Å². The van der Waals surface area contributed by atoms with Gasteiger partial charge in [-0.15, -0.1) is 0 Å². The zero-order valence-electron chi connectivity index (χ0n) is 15.7. The lowest BCUT2D eigenvalue weighted by atomic mass is 9.89. The fourth-order valence-corrected chi connectivity index (χ4v) is 4.08. The summed E-state index contributed by atoms with van der Waals surface area (Å²) < 4.78 is 0. The van der Waals surface area contributed by atoms with Crippen LogP contribution < -0.4 is 0 Å². The number of piperidine rings is 1. The van der Waals surface area contributed by atoms with Gasteiger partial charge in [0.25, 0.3) is 0 Å². The molecule has 4 heteroatoms. The van der Waals surface area contributed by atoms with Gasteiger partial charge in [0.1, 0.15) is 0 Å². The Morgan fingerprint density at radius 2 is 1.76 bits per heavy atom. The number of rotatable bonds is 3. The number of likely N-dealkylation sites (tertiary alicyclic amines) is 2. The van der Waals surface area contributed by atoms with Crippen molar-refractivity contribution in [1.29, 1.82) is 0 Å². The maximum absolute atomic E-state index is 12.8. The number of carbonyl (C=O) groups excluding carboxylic acids is 2. The van der Waals surface area contributed by atoms with Crippen molar-refractivity contribution in [2.24, 2.45) is 11.8 Å². The van der Waals surface area contributed by atoms with Gasteiger partial charge >= 0.3 is 0 Å². The van der Waals surface area contributed by atoms with Crippen molar-refractivity contribution < 1.29 is 9.59 Å². The van der Waals surface area contributed by atoms with Crippen molar-refractivity contribution in [2.45, 2.75) is 52.0 Å². The van der Waals surface area contributed by atoms with Gasteiger partial charge in [0.15, 0.2) is 0 Å². The highest BCUT2D eigenvalue weighted by Crippen LogP contribution is 2.29. The fraction of sp³-hybridized carbons (Fsp3) is 0.619. The summed E-state index contributed by atoms with van der Waals surface area (Å²) in [6.45, 7) is 8.34. The largest absolute Gasteiger partial charge is 0.342 e. The lowest BCUT2D eigenvalue weighted by Gasteiger charge is -2.35. The maximum Gasteiger partial charge on any atom is 0.227 e. The van der Waals surface area contributed by atoms with Crippen molar-refractivity contribution in [1.82, 2.24) is 9.80 Å². The van der Waals surface area contributed by atoms with E-state index < -0.39 is 0 Å². The van der Waals surface area contributed by atoms with Crippen LogP contribution in [-0.4, -0.2) is 46.8 Å². The lowest BCUT2D eigenvalue weighted by Crippen LogP contribution is -2.45. The number of hydrogen-bond donors (Lipinski definition) is 0. The Hall–Kier alpha value is -1.84. The van der Waals surface area contributed by atoms with Crippen molar-refractivity contribution in [2.75, 3.05) is 19.6 Å². The molecule has 3 rings (SSSR count). The van der Waals surface area contributed by atoms with E-state index in [1.165, 1.54) is 5.56 Å². The van der Waals surface area contributed by atoms with Gasteiger partial charge in [-0.2, -0.15) is 0 Å². The van der Waals surface area contributed by atoms with Crippen LogP contribution in [0.2, 0.25) is 0 Å². The summed E-state index contributed by atoms with van der Waals surface area (Å²) in [6, 6.07) is 10.6. The molecule has 2 aliphatic heterocycles. The predicted molar refractivity (Wildman–Crippen MR) is 99.0 cm³/mol. The minimum atomic E-state index is -0.200. The van der Waals surface area contributed by atoms with E-state index in [1.54, 1.807) is 0 Å². The van der Waals surface area contributed by atoms with Gasteiger partial charge in [0.2, 0.25) is 11.8 Å². The maximum atomic E-state index is 12.8. The lowest BCUT2D eigenvalue weighted by molar-refractivity contribution is -0.137. The molecule has 2 fully saturated rings. The van der Waals surface area contributed by atoms with Crippen LogP contribution >= 0.6 is 0 Å². The molecule has 0 radical (unpaired) electrons. The van der Waals surface area contributed by atoms with Crippen molar-refractivity contribution in [3.63, 3.8) is 0 Å². The molecule has 2 saturated heterocycles. The van der Waals surface area contributed by atoms with Crippen molar-refractivity contribution >= 4 is 11.8 Å². The molecule has 2 aliphatic rings. The highest BCUT2D eigenvalue weighted by molar-refractivity contribution is 5.89. The average molecular weight is 342 g/mol. The van der Waals surface area contributed by atoms with E-state index >= 15 is 0 Å². The van der Waals surface area contributed by atoms with E-state index in [0.717, 1.165) is 32.4 Å². The predicted octanol–water partition coefficient (Wildman–Crippen LogP) is 3.11. The normalized spacial score (nSPS) is 22.5. The molecule has 0 bridgehead atoms. The summed E-state index contributed by atoms with van der Waals surface area (Å²) in [5, 5.41) is 0. The third-order valence-corrected chi connectivity index (χ3v) is 5.58. The summed E-state index contributed by atoms with van der Waals surface area (Å²) in [6.07, 6.45) is 3.59.